The number of aryl methyl sites for hydroxylation is 3. The van der Waals surface area contributed by atoms with E-state index in [0.717, 1.165) is 74.4 Å². The molecule has 5 heterocycles. The first-order chi connectivity index (χ1) is 19.7. The summed E-state index contributed by atoms with van der Waals surface area (Å²) in [5, 5.41) is 0. The van der Waals surface area contributed by atoms with E-state index in [1.54, 1.807) is 0 Å². The third-order valence-electron chi connectivity index (χ3n) is 9.90. The van der Waals surface area contributed by atoms with Crippen LogP contribution in [0.15, 0.2) is 18.2 Å². The number of esters is 1. The van der Waals surface area contributed by atoms with E-state index in [-0.39, 0.29) is 29.5 Å². The van der Waals surface area contributed by atoms with Crippen LogP contribution in [0.2, 0.25) is 0 Å². The third-order valence-corrected chi connectivity index (χ3v) is 9.90. The van der Waals surface area contributed by atoms with Crippen molar-refractivity contribution in [1.82, 2.24) is 19.9 Å². The van der Waals surface area contributed by atoms with Gasteiger partial charge >= 0.3 is 5.97 Å². The molecule has 6 rings (SSSR count). The molecule has 0 saturated carbocycles. The van der Waals surface area contributed by atoms with Crippen molar-refractivity contribution in [2.24, 2.45) is 0 Å². The minimum atomic E-state index is -0.227. The Morgan fingerprint density at radius 1 is 0.927 bits per heavy atom. The van der Waals surface area contributed by atoms with Gasteiger partial charge in [-0.2, -0.15) is 0 Å². The van der Waals surface area contributed by atoms with Gasteiger partial charge in [0, 0.05) is 81.3 Å². The van der Waals surface area contributed by atoms with Gasteiger partial charge in [-0.1, -0.05) is 27.7 Å². The minimum Gasteiger partial charge on any atom is -0.469 e. The van der Waals surface area contributed by atoms with E-state index < -0.39 is 0 Å². The number of ketones is 1. The highest BCUT2D eigenvalue weighted by atomic mass is 16.5. The molecule has 4 atom stereocenters. The summed E-state index contributed by atoms with van der Waals surface area (Å²) < 4.78 is 4.97. The van der Waals surface area contributed by atoms with E-state index in [1.807, 2.05) is 6.92 Å². The molecule has 2 unspecified atom stereocenters. The number of rotatable bonds is 5. The molecule has 3 aromatic heterocycles. The van der Waals surface area contributed by atoms with Crippen molar-refractivity contribution in [2.45, 2.75) is 97.3 Å². The van der Waals surface area contributed by atoms with Gasteiger partial charge in [-0.15, -0.1) is 0 Å². The number of hydrogen-bond donors (Lipinski definition) is 2. The van der Waals surface area contributed by atoms with Crippen LogP contribution in [0.3, 0.4) is 0 Å². The largest absolute Gasteiger partial charge is 0.469 e. The van der Waals surface area contributed by atoms with Crippen LogP contribution < -0.4 is 0 Å². The van der Waals surface area contributed by atoms with E-state index in [0.29, 0.717) is 25.2 Å². The Hall–Kier alpha value is -3.74. The maximum absolute atomic E-state index is 13.4. The van der Waals surface area contributed by atoms with Gasteiger partial charge < -0.3 is 14.7 Å². The fourth-order valence-corrected chi connectivity index (χ4v) is 7.38. The van der Waals surface area contributed by atoms with Gasteiger partial charge in [-0.05, 0) is 68.0 Å². The first kappa shape index (κ1) is 27.4. The standard InChI is InChI=1S/C34H40N4O3/c1-8-20-16(3)24-13-26-18(5)22(10-11-31(40)41-7)33(37-26)23-12-30(39)32-19(6)27(38-34(23)32)15-29-21(9-2)17(4)25(36-29)14-28(20)35-24/h13-16,18,20,22,36,38H,8-12H2,1-7H3/t16?,18-,20?,22-/m0/s1. The van der Waals surface area contributed by atoms with Gasteiger partial charge in [0.1, 0.15) is 0 Å². The number of nitrogens with one attached hydrogen (secondary N) is 2. The number of hydrogen-bond acceptors (Lipinski definition) is 5. The highest BCUT2D eigenvalue weighted by Crippen LogP contribution is 2.45. The number of carbonyl (C=O) groups is 2. The Balaban J connectivity index is 1.72. The van der Waals surface area contributed by atoms with Crippen molar-refractivity contribution in [2.75, 3.05) is 7.11 Å². The van der Waals surface area contributed by atoms with Crippen molar-refractivity contribution < 1.29 is 14.3 Å². The Morgan fingerprint density at radius 2 is 1.63 bits per heavy atom. The molecule has 0 amide bonds. The zero-order valence-electron chi connectivity index (χ0n) is 25.2. The van der Waals surface area contributed by atoms with Crippen molar-refractivity contribution in [3.05, 3.63) is 68.8 Å². The second-order valence-corrected chi connectivity index (χ2v) is 12.0. The number of methoxy groups -OCH3 is 1. The maximum Gasteiger partial charge on any atom is 0.305 e. The summed E-state index contributed by atoms with van der Waals surface area (Å²) in [6, 6.07) is 6.56. The molecule has 3 aromatic rings. The molecule has 0 saturated heterocycles. The van der Waals surface area contributed by atoms with Gasteiger partial charge in [-0.3, -0.25) is 19.6 Å². The van der Waals surface area contributed by atoms with Crippen LogP contribution >= 0.6 is 0 Å². The van der Waals surface area contributed by atoms with Gasteiger partial charge in [0.05, 0.1) is 18.3 Å². The summed E-state index contributed by atoms with van der Waals surface area (Å²) in [4.78, 5) is 43.4. The van der Waals surface area contributed by atoms with Crippen LogP contribution in [0.1, 0.15) is 126 Å². The van der Waals surface area contributed by atoms with Crippen LogP contribution in [0.5, 0.6) is 0 Å². The number of ether oxygens (including phenoxy) is 1. The van der Waals surface area contributed by atoms with Gasteiger partial charge in [0.25, 0.3) is 0 Å². The first-order valence-corrected chi connectivity index (χ1v) is 15.0. The van der Waals surface area contributed by atoms with Crippen molar-refractivity contribution in [3.8, 4) is 0 Å². The molecule has 1 aliphatic carbocycles. The molecule has 41 heavy (non-hydrogen) atoms. The van der Waals surface area contributed by atoms with E-state index in [2.05, 4.69) is 62.8 Å². The molecular weight excluding hydrogens is 512 g/mol. The molecule has 0 fully saturated rings. The molecule has 0 aromatic carbocycles. The van der Waals surface area contributed by atoms with Crippen LogP contribution in [0.4, 0.5) is 0 Å². The van der Waals surface area contributed by atoms with E-state index in [9.17, 15) is 9.59 Å². The summed E-state index contributed by atoms with van der Waals surface area (Å²) in [7, 11) is 1.43. The van der Waals surface area contributed by atoms with Gasteiger partial charge in [0.15, 0.2) is 5.78 Å². The minimum absolute atomic E-state index is 0.00926. The summed E-state index contributed by atoms with van der Waals surface area (Å²) in [6.07, 6.45) is 3.15. The molecule has 0 spiro atoms. The number of carbonyl (C=O) groups excluding carboxylic acids is 2. The number of nitrogens with zero attached hydrogens (tertiary/aromatic N) is 2. The van der Waals surface area contributed by atoms with E-state index in [4.69, 9.17) is 14.7 Å². The maximum atomic E-state index is 13.4. The van der Waals surface area contributed by atoms with Crippen LogP contribution in [0.25, 0.3) is 22.1 Å². The lowest BCUT2D eigenvalue weighted by atomic mass is 9.85. The third kappa shape index (κ3) is 4.32. The van der Waals surface area contributed by atoms with Crippen molar-refractivity contribution in [3.63, 3.8) is 0 Å². The number of aromatic amines is 2. The summed E-state index contributed by atoms with van der Waals surface area (Å²) in [5.74, 6) is 0.578. The lowest BCUT2D eigenvalue weighted by molar-refractivity contribution is -0.140. The van der Waals surface area contributed by atoms with E-state index >= 15 is 0 Å². The first-order valence-electron chi connectivity index (χ1n) is 15.0. The molecule has 7 nitrogen and oxygen atoms in total. The number of aromatic nitrogens is 4. The van der Waals surface area contributed by atoms with Crippen molar-refractivity contribution >= 4 is 33.8 Å². The predicted molar refractivity (Wildman–Crippen MR) is 162 cm³/mol. The summed E-state index contributed by atoms with van der Waals surface area (Å²) in [5.41, 5.74) is 13.2. The zero-order chi connectivity index (χ0) is 29.2. The Morgan fingerprint density at radius 3 is 2.34 bits per heavy atom. The fourth-order valence-electron chi connectivity index (χ4n) is 7.38. The van der Waals surface area contributed by atoms with Gasteiger partial charge in [-0.25, -0.2) is 0 Å². The summed E-state index contributed by atoms with van der Waals surface area (Å²) >= 11 is 0. The Labute approximate surface area is 241 Å². The number of fused-ring (bicyclic) bond motifs is 8. The molecule has 0 radical (unpaired) electrons. The Kier molecular flexibility index (Phi) is 6.87. The fraction of sp³-hybridized carbons (Fsp3) is 0.471. The second kappa shape index (κ2) is 10.3. The normalized spacial score (nSPS) is 21.5. The smallest absolute Gasteiger partial charge is 0.305 e. The number of H-pyrrole nitrogens is 2. The second-order valence-electron chi connectivity index (χ2n) is 12.0. The number of Topliss-reactive ketones (excluding diaryl/α,β-unsaturated/α-hetero) is 1. The molecule has 3 aliphatic rings. The van der Waals surface area contributed by atoms with Crippen LogP contribution in [0, 0.1) is 13.8 Å². The quantitative estimate of drug-likeness (QED) is 0.322. The average Bonchev–Trinajstić information content (AvgIpc) is 3.70. The average molecular weight is 553 g/mol. The van der Waals surface area contributed by atoms with Gasteiger partial charge in [0.2, 0.25) is 0 Å². The van der Waals surface area contributed by atoms with Crippen LogP contribution in [-0.2, 0) is 22.4 Å². The Bertz CT molecular complexity index is 1740. The lowest BCUT2D eigenvalue weighted by Gasteiger charge is -2.17. The molecule has 2 N–H and O–H groups in total. The van der Waals surface area contributed by atoms with E-state index in [1.165, 1.54) is 18.2 Å². The van der Waals surface area contributed by atoms with Crippen LogP contribution in [-0.4, -0.2) is 38.8 Å². The molecule has 7 heteroatoms. The topological polar surface area (TPSA) is 101 Å². The highest BCUT2D eigenvalue weighted by Gasteiger charge is 2.36. The zero-order valence-corrected chi connectivity index (χ0v) is 25.2. The van der Waals surface area contributed by atoms with Crippen molar-refractivity contribution in [1.29, 1.82) is 0 Å². The molecule has 214 valence electrons. The molecular formula is C34H40N4O3. The predicted octanol–water partition coefficient (Wildman–Crippen LogP) is 7.37. The summed E-state index contributed by atoms with van der Waals surface area (Å²) in [6.45, 7) is 13.1. The molecule has 2 aliphatic heterocycles. The SMILES string of the molecule is CCc1c(C)c2cc3nc(cc4nc(c5c6[nH]c(cc1[nH]2)c(C)c6C(=O)C5)[C@@H](CCC(=O)OC)[C@@H]4C)C(C)C3CC. The highest BCUT2D eigenvalue weighted by molar-refractivity contribution is 6.13. The molecule has 8 bridgehead atoms. The monoisotopic (exact) mass is 552 g/mol. The lowest BCUT2D eigenvalue weighted by Crippen LogP contribution is -2.09.